The number of carboxylic acids is 1. The van der Waals surface area contributed by atoms with Crippen molar-refractivity contribution >= 4 is 17.6 Å². The molecule has 6 nitrogen and oxygen atoms in total. The third-order valence-corrected chi connectivity index (χ3v) is 3.17. The number of rotatable bonds is 4. The molecule has 2 heterocycles. The Balaban J connectivity index is 2.09. The van der Waals surface area contributed by atoms with Crippen LogP contribution in [0.1, 0.15) is 30.3 Å². The molecule has 2 rings (SSSR count). The molecule has 6 heteroatoms. The normalized spacial score (nSPS) is 16.2. The van der Waals surface area contributed by atoms with Crippen molar-refractivity contribution in [2.75, 3.05) is 18.0 Å². The molecule has 0 spiro atoms. The molecule has 102 valence electrons. The molecule has 0 aromatic carbocycles. The number of carboxylic acid groups (broad SMARTS) is 1. The molecule has 2 N–H and O–H groups in total. The highest BCUT2D eigenvalue weighted by Crippen LogP contribution is 2.19. The van der Waals surface area contributed by atoms with E-state index in [1.165, 1.54) is 6.92 Å². The fourth-order valence-electron chi connectivity index (χ4n) is 2.05. The van der Waals surface area contributed by atoms with Gasteiger partial charge in [0, 0.05) is 25.0 Å². The third kappa shape index (κ3) is 3.21. The third-order valence-electron chi connectivity index (χ3n) is 3.17. The van der Waals surface area contributed by atoms with Crippen molar-refractivity contribution < 1.29 is 14.7 Å². The highest BCUT2D eigenvalue weighted by Gasteiger charge is 2.18. The van der Waals surface area contributed by atoms with E-state index in [0.29, 0.717) is 0 Å². The van der Waals surface area contributed by atoms with Crippen molar-refractivity contribution in [2.24, 2.45) is 0 Å². The average Bonchev–Trinajstić information content (AvgIpc) is 2.92. The molecule has 1 saturated heterocycles. The Kier molecular flexibility index (Phi) is 3.99. The second-order valence-electron chi connectivity index (χ2n) is 4.63. The number of pyridine rings is 1. The zero-order valence-corrected chi connectivity index (χ0v) is 10.8. The summed E-state index contributed by atoms with van der Waals surface area (Å²) in [4.78, 5) is 28.8. The maximum absolute atomic E-state index is 11.9. The summed E-state index contributed by atoms with van der Waals surface area (Å²) < 4.78 is 0. The molecule has 1 aromatic rings. The monoisotopic (exact) mass is 263 g/mol. The van der Waals surface area contributed by atoms with Gasteiger partial charge in [-0.15, -0.1) is 0 Å². The molecule has 1 aliphatic heterocycles. The van der Waals surface area contributed by atoms with Gasteiger partial charge in [-0.25, -0.2) is 0 Å². The summed E-state index contributed by atoms with van der Waals surface area (Å²) in [6, 6.07) is 2.64. The minimum absolute atomic E-state index is 0.248. The van der Waals surface area contributed by atoms with Crippen molar-refractivity contribution in [1.82, 2.24) is 10.3 Å². The van der Waals surface area contributed by atoms with Gasteiger partial charge in [0.15, 0.2) is 0 Å². The minimum atomic E-state index is -1.07. The summed E-state index contributed by atoms with van der Waals surface area (Å²) in [5.74, 6) is -1.53. The first-order valence-corrected chi connectivity index (χ1v) is 6.32. The van der Waals surface area contributed by atoms with Gasteiger partial charge in [-0.3, -0.25) is 14.6 Å². The predicted molar refractivity (Wildman–Crippen MR) is 70.2 cm³/mol. The summed E-state index contributed by atoms with van der Waals surface area (Å²) in [5, 5.41) is 11.2. The maximum atomic E-state index is 11.9. The molecule has 0 radical (unpaired) electrons. The number of aromatic nitrogens is 1. The zero-order valence-electron chi connectivity index (χ0n) is 10.8. The molecule has 1 aromatic heterocycles. The SMILES string of the molecule is CC(NC(=O)c1cc(N2CCCC2)ccn1)C(=O)O. The molecule has 1 fully saturated rings. The Hall–Kier alpha value is -2.11. The molecule has 0 saturated carbocycles. The fraction of sp³-hybridized carbons (Fsp3) is 0.462. The van der Waals surface area contributed by atoms with Gasteiger partial charge in [0.05, 0.1) is 0 Å². The first-order chi connectivity index (χ1) is 9.08. The lowest BCUT2D eigenvalue weighted by atomic mass is 10.2. The molecular weight excluding hydrogens is 246 g/mol. The van der Waals surface area contributed by atoms with Crippen LogP contribution in [-0.4, -0.2) is 41.1 Å². The average molecular weight is 263 g/mol. The van der Waals surface area contributed by atoms with Crippen LogP contribution >= 0.6 is 0 Å². The van der Waals surface area contributed by atoms with Crippen LogP contribution in [0, 0.1) is 0 Å². The van der Waals surface area contributed by atoms with Crippen LogP contribution in [0.5, 0.6) is 0 Å². The van der Waals surface area contributed by atoms with E-state index in [1.807, 2.05) is 6.07 Å². The van der Waals surface area contributed by atoms with E-state index in [-0.39, 0.29) is 5.69 Å². The van der Waals surface area contributed by atoms with Crippen LogP contribution in [0.3, 0.4) is 0 Å². The number of anilines is 1. The highest BCUT2D eigenvalue weighted by atomic mass is 16.4. The lowest BCUT2D eigenvalue weighted by Crippen LogP contribution is -2.38. The van der Waals surface area contributed by atoms with Crippen LogP contribution in [0.2, 0.25) is 0 Å². The maximum Gasteiger partial charge on any atom is 0.325 e. The number of amides is 1. The Labute approximate surface area is 111 Å². The topological polar surface area (TPSA) is 82.5 Å². The van der Waals surface area contributed by atoms with Gasteiger partial charge in [-0.05, 0) is 31.9 Å². The van der Waals surface area contributed by atoms with Crippen LogP contribution in [-0.2, 0) is 4.79 Å². The quantitative estimate of drug-likeness (QED) is 0.842. The summed E-state index contributed by atoms with van der Waals surface area (Å²) in [5.41, 5.74) is 1.21. The van der Waals surface area contributed by atoms with Crippen LogP contribution < -0.4 is 10.2 Å². The van der Waals surface area contributed by atoms with Crippen molar-refractivity contribution in [3.8, 4) is 0 Å². The number of nitrogens with zero attached hydrogens (tertiary/aromatic N) is 2. The first-order valence-electron chi connectivity index (χ1n) is 6.32. The van der Waals surface area contributed by atoms with Gasteiger partial charge < -0.3 is 15.3 Å². The zero-order chi connectivity index (χ0) is 13.8. The van der Waals surface area contributed by atoms with Gasteiger partial charge in [0.2, 0.25) is 0 Å². The number of carbonyl (C=O) groups is 2. The van der Waals surface area contributed by atoms with Crippen molar-refractivity contribution in [3.63, 3.8) is 0 Å². The molecule has 1 aliphatic rings. The van der Waals surface area contributed by atoms with Gasteiger partial charge in [-0.1, -0.05) is 0 Å². The standard InChI is InChI=1S/C13H17N3O3/c1-9(13(18)19)15-12(17)11-8-10(4-5-14-11)16-6-2-3-7-16/h4-5,8-9H,2-3,6-7H2,1H3,(H,15,17)(H,18,19). The number of hydrogen-bond acceptors (Lipinski definition) is 4. The lowest BCUT2D eigenvalue weighted by molar-refractivity contribution is -0.138. The summed E-state index contributed by atoms with van der Waals surface area (Å²) in [7, 11) is 0. The molecule has 0 bridgehead atoms. The number of nitrogens with one attached hydrogen (secondary N) is 1. The summed E-state index contributed by atoms with van der Waals surface area (Å²) >= 11 is 0. The van der Waals surface area contributed by atoms with E-state index in [0.717, 1.165) is 31.6 Å². The predicted octanol–water partition coefficient (Wildman–Crippen LogP) is 0.885. The van der Waals surface area contributed by atoms with Crippen LogP contribution in [0.4, 0.5) is 5.69 Å². The minimum Gasteiger partial charge on any atom is -0.480 e. The van der Waals surface area contributed by atoms with Gasteiger partial charge >= 0.3 is 5.97 Å². The summed E-state index contributed by atoms with van der Waals surface area (Å²) in [6.07, 6.45) is 3.88. The first kappa shape index (κ1) is 13.3. The Morgan fingerprint density at radius 3 is 2.74 bits per heavy atom. The van der Waals surface area contributed by atoms with E-state index in [1.54, 1.807) is 12.3 Å². The van der Waals surface area contributed by atoms with Gasteiger partial charge in [0.1, 0.15) is 11.7 Å². The summed E-state index contributed by atoms with van der Waals surface area (Å²) in [6.45, 7) is 3.39. The van der Waals surface area contributed by atoms with Crippen LogP contribution in [0.25, 0.3) is 0 Å². The number of hydrogen-bond donors (Lipinski definition) is 2. The lowest BCUT2D eigenvalue weighted by Gasteiger charge is -2.18. The van der Waals surface area contributed by atoms with E-state index in [9.17, 15) is 9.59 Å². The fourth-order valence-corrected chi connectivity index (χ4v) is 2.05. The van der Waals surface area contributed by atoms with Crippen LogP contribution in [0.15, 0.2) is 18.3 Å². The van der Waals surface area contributed by atoms with E-state index < -0.39 is 17.9 Å². The van der Waals surface area contributed by atoms with Crippen molar-refractivity contribution in [3.05, 3.63) is 24.0 Å². The van der Waals surface area contributed by atoms with Gasteiger partial charge in [0.25, 0.3) is 5.91 Å². The highest BCUT2D eigenvalue weighted by molar-refractivity contribution is 5.95. The van der Waals surface area contributed by atoms with Crippen molar-refractivity contribution in [2.45, 2.75) is 25.8 Å². The Bertz CT molecular complexity index is 484. The molecule has 1 unspecified atom stereocenters. The van der Waals surface area contributed by atoms with E-state index in [2.05, 4.69) is 15.2 Å². The smallest absolute Gasteiger partial charge is 0.325 e. The molecule has 1 atom stereocenters. The molecule has 1 amide bonds. The number of carbonyl (C=O) groups excluding carboxylic acids is 1. The molecule has 19 heavy (non-hydrogen) atoms. The second-order valence-corrected chi connectivity index (χ2v) is 4.63. The van der Waals surface area contributed by atoms with E-state index in [4.69, 9.17) is 5.11 Å². The molecular formula is C13H17N3O3. The Morgan fingerprint density at radius 1 is 1.42 bits per heavy atom. The van der Waals surface area contributed by atoms with E-state index >= 15 is 0 Å². The number of aliphatic carboxylic acids is 1. The largest absolute Gasteiger partial charge is 0.480 e. The molecule has 0 aliphatic carbocycles. The van der Waals surface area contributed by atoms with Crippen molar-refractivity contribution in [1.29, 1.82) is 0 Å². The van der Waals surface area contributed by atoms with Gasteiger partial charge in [-0.2, -0.15) is 0 Å². The second kappa shape index (κ2) is 5.69. The Morgan fingerprint density at radius 2 is 2.11 bits per heavy atom.